The van der Waals surface area contributed by atoms with Gasteiger partial charge in [0.15, 0.2) is 10.8 Å². The van der Waals surface area contributed by atoms with E-state index in [9.17, 15) is 19.1 Å². The van der Waals surface area contributed by atoms with Crippen molar-refractivity contribution in [3.63, 3.8) is 0 Å². The molecule has 3 aliphatic heterocycles. The molecule has 2 bridgehead atoms. The first kappa shape index (κ1) is 26.9. The molecule has 4 atom stereocenters. The van der Waals surface area contributed by atoms with E-state index in [2.05, 4.69) is 31.1 Å². The standard InChI is InChI=1S/C26H28BrFN4O5S/c1-2-37-26(35)21-19(11-32-15-8-14(10-20(33)34)9-16(32)13-36-12-15)30-24(25-29-6-7-38-25)31-23(21)17-4-3-5-18(28)22(17)27/h3-7,14-16,23H,2,8-13H2,1H3,(H,30,31)(H,33,34)/t14-,15+,16-,23-/m0/s1. The number of nitrogens with one attached hydrogen (secondary N) is 1. The number of aromatic nitrogens is 1. The Hall–Kier alpha value is -2.67. The Labute approximate surface area is 231 Å². The van der Waals surface area contributed by atoms with E-state index >= 15 is 0 Å². The Morgan fingerprint density at radius 2 is 2.08 bits per heavy atom. The van der Waals surface area contributed by atoms with Gasteiger partial charge in [-0.25, -0.2) is 14.2 Å². The molecular weight excluding hydrogens is 579 g/mol. The van der Waals surface area contributed by atoms with E-state index in [4.69, 9.17) is 14.5 Å². The Kier molecular flexibility index (Phi) is 8.22. The number of hydrogen-bond donors (Lipinski definition) is 2. The smallest absolute Gasteiger partial charge is 0.338 e. The fourth-order valence-electron chi connectivity index (χ4n) is 5.53. The molecule has 12 heteroatoms. The van der Waals surface area contributed by atoms with Crippen LogP contribution in [0, 0.1) is 11.7 Å². The van der Waals surface area contributed by atoms with Crippen molar-refractivity contribution in [3.05, 3.63) is 61.9 Å². The average molecular weight is 608 g/mol. The Balaban J connectivity index is 1.56. The number of rotatable bonds is 8. The summed E-state index contributed by atoms with van der Waals surface area (Å²) in [6.45, 7) is 3.26. The molecule has 0 spiro atoms. The summed E-state index contributed by atoms with van der Waals surface area (Å²) in [7, 11) is 0. The first-order valence-corrected chi connectivity index (χ1v) is 14.2. The first-order valence-electron chi connectivity index (χ1n) is 12.5. The summed E-state index contributed by atoms with van der Waals surface area (Å²) in [6, 6.07) is 3.86. The summed E-state index contributed by atoms with van der Waals surface area (Å²) in [5.74, 6) is -1.21. The van der Waals surface area contributed by atoms with Crippen molar-refractivity contribution in [1.82, 2.24) is 15.2 Å². The van der Waals surface area contributed by atoms with Crippen molar-refractivity contribution in [3.8, 4) is 0 Å². The SMILES string of the molecule is CCOC(=O)C1=C(CN2[C@@H]3COC[C@H]2C[C@H](CC(=O)O)C3)NC(c2nccs2)=N[C@H]1c1cccc(F)c1Br. The fourth-order valence-corrected chi connectivity index (χ4v) is 6.60. The number of aliphatic imine (C=N–C) groups is 1. The molecule has 2 fully saturated rings. The van der Waals surface area contributed by atoms with Crippen LogP contribution in [-0.2, 0) is 19.1 Å². The maximum atomic E-state index is 14.6. The summed E-state index contributed by atoms with van der Waals surface area (Å²) in [4.78, 5) is 36.3. The largest absolute Gasteiger partial charge is 0.481 e. The molecule has 2 N–H and O–H groups in total. The molecule has 1 aromatic carbocycles. The summed E-state index contributed by atoms with van der Waals surface area (Å²) >= 11 is 4.76. The topological polar surface area (TPSA) is 113 Å². The summed E-state index contributed by atoms with van der Waals surface area (Å²) in [5.41, 5.74) is 1.42. The number of piperidine rings is 1. The molecule has 38 heavy (non-hydrogen) atoms. The number of carbonyl (C=O) groups is 2. The van der Waals surface area contributed by atoms with Gasteiger partial charge in [0.2, 0.25) is 0 Å². The van der Waals surface area contributed by atoms with E-state index < -0.39 is 23.8 Å². The molecule has 2 aromatic rings. The molecular formula is C26H28BrFN4O5S. The molecule has 202 valence electrons. The van der Waals surface area contributed by atoms with Crippen molar-refractivity contribution in [2.24, 2.45) is 10.9 Å². The number of ether oxygens (including phenoxy) is 2. The molecule has 0 saturated carbocycles. The van der Waals surface area contributed by atoms with Crippen LogP contribution in [0.2, 0.25) is 0 Å². The summed E-state index contributed by atoms with van der Waals surface area (Å²) in [5, 5.41) is 15.2. The minimum absolute atomic E-state index is 0.00568. The molecule has 4 heterocycles. The molecule has 3 aliphatic rings. The first-order chi connectivity index (χ1) is 18.4. The number of carbonyl (C=O) groups excluding carboxylic acids is 1. The molecule has 0 amide bonds. The van der Waals surface area contributed by atoms with Gasteiger partial charge < -0.3 is 19.9 Å². The van der Waals surface area contributed by atoms with Gasteiger partial charge in [0.25, 0.3) is 0 Å². The fraction of sp³-hybridized carbons (Fsp3) is 0.462. The van der Waals surface area contributed by atoms with Crippen LogP contribution in [0.4, 0.5) is 4.39 Å². The number of benzene rings is 1. The quantitative estimate of drug-likeness (QED) is 0.435. The summed E-state index contributed by atoms with van der Waals surface area (Å²) < 4.78 is 26.1. The van der Waals surface area contributed by atoms with Crippen molar-refractivity contribution in [1.29, 1.82) is 0 Å². The van der Waals surface area contributed by atoms with Gasteiger partial charge in [-0.15, -0.1) is 11.3 Å². The van der Waals surface area contributed by atoms with Gasteiger partial charge in [-0.3, -0.25) is 14.7 Å². The highest BCUT2D eigenvalue weighted by Gasteiger charge is 2.42. The third-order valence-corrected chi connectivity index (χ3v) is 8.72. The monoisotopic (exact) mass is 606 g/mol. The lowest BCUT2D eigenvalue weighted by molar-refractivity contribution is -0.141. The highest BCUT2D eigenvalue weighted by molar-refractivity contribution is 9.10. The average Bonchev–Trinajstić information content (AvgIpc) is 3.41. The van der Waals surface area contributed by atoms with Crippen LogP contribution in [0.1, 0.15) is 42.8 Å². The Morgan fingerprint density at radius 1 is 1.32 bits per heavy atom. The number of nitrogens with zero attached hydrogens (tertiary/aromatic N) is 3. The van der Waals surface area contributed by atoms with E-state index in [-0.39, 0.29) is 35.5 Å². The van der Waals surface area contributed by atoms with E-state index in [1.54, 1.807) is 25.3 Å². The van der Waals surface area contributed by atoms with Crippen LogP contribution in [0.5, 0.6) is 0 Å². The highest BCUT2D eigenvalue weighted by Crippen LogP contribution is 2.39. The summed E-state index contributed by atoms with van der Waals surface area (Å²) in [6.07, 6.45) is 3.19. The Bertz CT molecular complexity index is 1260. The van der Waals surface area contributed by atoms with Crippen molar-refractivity contribution in [2.75, 3.05) is 26.4 Å². The molecule has 9 nitrogen and oxygen atoms in total. The lowest BCUT2D eigenvalue weighted by Gasteiger charge is -2.49. The Morgan fingerprint density at radius 3 is 2.74 bits per heavy atom. The third-order valence-electron chi connectivity index (χ3n) is 7.11. The zero-order chi connectivity index (χ0) is 26.8. The second kappa shape index (κ2) is 11.6. The van der Waals surface area contributed by atoms with Gasteiger partial charge in [-0.1, -0.05) is 12.1 Å². The normalized spacial score (nSPS) is 25.5. The number of carboxylic acid groups (broad SMARTS) is 1. The molecule has 0 aliphatic carbocycles. The van der Waals surface area contributed by atoms with Gasteiger partial charge in [0.1, 0.15) is 11.9 Å². The zero-order valence-corrected chi connectivity index (χ0v) is 23.1. The van der Waals surface area contributed by atoms with Gasteiger partial charge in [0, 0.05) is 42.3 Å². The van der Waals surface area contributed by atoms with Gasteiger partial charge in [-0.2, -0.15) is 0 Å². The number of amidine groups is 1. The van der Waals surface area contributed by atoms with Crippen LogP contribution in [0.3, 0.4) is 0 Å². The van der Waals surface area contributed by atoms with Gasteiger partial charge in [-0.05, 0) is 53.2 Å². The van der Waals surface area contributed by atoms with E-state index in [1.165, 1.54) is 17.4 Å². The number of fused-ring (bicyclic) bond motifs is 2. The lowest BCUT2D eigenvalue weighted by Crippen LogP contribution is -2.58. The number of hydrogen-bond acceptors (Lipinski definition) is 9. The molecule has 2 saturated heterocycles. The van der Waals surface area contributed by atoms with Crippen LogP contribution >= 0.6 is 27.3 Å². The zero-order valence-electron chi connectivity index (χ0n) is 20.7. The number of morpholine rings is 1. The van der Waals surface area contributed by atoms with Crippen molar-refractivity contribution < 1.29 is 28.6 Å². The minimum Gasteiger partial charge on any atom is -0.481 e. The maximum Gasteiger partial charge on any atom is 0.338 e. The number of esters is 1. The van der Waals surface area contributed by atoms with E-state index in [0.29, 0.717) is 60.3 Å². The molecule has 5 rings (SSSR count). The molecule has 0 radical (unpaired) electrons. The van der Waals surface area contributed by atoms with Gasteiger partial charge in [0.05, 0.1) is 29.9 Å². The molecule has 0 unspecified atom stereocenters. The predicted molar refractivity (Wildman–Crippen MR) is 142 cm³/mol. The predicted octanol–water partition coefficient (Wildman–Crippen LogP) is 3.91. The number of carboxylic acids is 1. The van der Waals surface area contributed by atoms with E-state index in [0.717, 1.165) is 0 Å². The molecule has 1 aromatic heterocycles. The second-order valence-corrected chi connectivity index (χ2v) is 11.2. The van der Waals surface area contributed by atoms with Crippen LogP contribution < -0.4 is 5.32 Å². The highest BCUT2D eigenvalue weighted by atomic mass is 79.9. The maximum absolute atomic E-state index is 14.6. The number of aliphatic carboxylic acids is 1. The van der Waals surface area contributed by atoms with Crippen molar-refractivity contribution >= 4 is 45.0 Å². The van der Waals surface area contributed by atoms with Crippen LogP contribution in [0.15, 0.2) is 50.5 Å². The third kappa shape index (κ3) is 5.54. The van der Waals surface area contributed by atoms with E-state index in [1.807, 2.05) is 5.38 Å². The van der Waals surface area contributed by atoms with Crippen LogP contribution in [0.25, 0.3) is 0 Å². The lowest BCUT2D eigenvalue weighted by atomic mass is 9.82. The minimum atomic E-state index is -0.824. The number of halogens is 2. The number of thiazole rings is 1. The van der Waals surface area contributed by atoms with Crippen molar-refractivity contribution in [2.45, 2.75) is 44.3 Å². The van der Waals surface area contributed by atoms with Crippen LogP contribution in [-0.4, -0.2) is 71.2 Å². The van der Waals surface area contributed by atoms with Gasteiger partial charge >= 0.3 is 11.9 Å². The second-order valence-electron chi connectivity index (χ2n) is 9.55.